The van der Waals surface area contributed by atoms with Gasteiger partial charge in [-0.15, -0.1) is 0 Å². The molecular formula is C28H19N5O2. The highest BCUT2D eigenvalue weighted by Crippen LogP contribution is 2.26. The smallest absolute Gasteiger partial charge is 0.265 e. The number of benzene rings is 3. The third kappa shape index (κ3) is 3.31. The second-order valence-electron chi connectivity index (χ2n) is 8.45. The van der Waals surface area contributed by atoms with Crippen molar-refractivity contribution in [3.8, 4) is 17.5 Å². The number of nitrogens with zero attached hydrogens (tertiary/aromatic N) is 4. The Morgan fingerprint density at radius 2 is 1.80 bits per heavy atom. The molecule has 35 heavy (non-hydrogen) atoms. The lowest BCUT2D eigenvalue weighted by atomic mass is 10.1. The molecule has 0 saturated carbocycles. The monoisotopic (exact) mass is 457 g/mol. The summed E-state index contributed by atoms with van der Waals surface area (Å²) < 4.78 is 7.42. The topological polar surface area (TPSA) is 96.2 Å². The number of oxazole rings is 1. The van der Waals surface area contributed by atoms with Gasteiger partial charge in [0.2, 0.25) is 5.89 Å². The highest BCUT2D eigenvalue weighted by atomic mass is 16.3. The Kier molecular flexibility index (Phi) is 4.61. The first-order chi connectivity index (χ1) is 17.0. The zero-order valence-corrected chi connectivity index (χ0v) is 19.0. The summed E-state index contributed by atoms with van der Waals surface area (Å²) in [4.78, 5) is 22.6. The summed E-state index contributed by atoms with van der Waals surface area (Å²) in [5.74, 6) is 0.551. The van der Waals surface area contributed by atoms with Gasteiger partial charge in [-0.3, -0.25) is 9.20 Å². The molecule has 168 valence electrons. The van der Waals surface area contributed by atoms with E-state index in [0.717, 1.165) is 11.3 Å². The Morgan fingerprint density at radius 3 is 2.60 bits per heavy atom. The highest BCUT2D eigenvalue weighted by Gasteiger charge is 2.16. The van der Waals surface area contributed by atoms with Gasteiger partial charge in [-0.1, -0.05) is 29.8 Å². The molecule has 7 nitrogen and oxygen atoms in total. The van der Waals surface area contributed by atoms with Gasteiger partial charge in [0.1, 0.15) is 11.6 Å². The van der Waals surface area contributed by atoms with Gasteiger partial charge in [0, 0.05) is 17.5 Å². The average Bonchev–Trinajstić information content (AvgIpc) is 3.46. The normalized spacial score (nSPS) is 12.0. The minimum Gasteiger partial charge on any atom is -0.436 e. The molecule has 0 aliphatic heterocycles. The van der Waals surface area contributed by atoms with E-state index in [1.54, 1.807) is 13.1 Å². The molecule has 3 aromatic carbocycles. The SMILES string of the molecule is Cc1ccc(-c2nc3cc(N/C=c4/c(C)c(C#N)c5nc6ccccc6n5c4=O)ccc3o2)cc1. The van der Waals surface area contributed by atoms with Crippen molar-refractivity contribution in [1.82, 2.24) is 14.4 Å². The molecule has 7 heteroatoms. The number of para-hydroxylation sites is 2. The standard InChI is InChI=1S/C28H19N5O2/c1-16-7-9-18(10-8-16)27-32-23-13-19(11-12-25(23)35-27)30-15-21-17(2)20(14-29)26-31-22-5-3-4-6-24(22)33(26)28(21)34/h3-13,15,30H,1-2H3/b21-15-. The van der Waals surface area contributed by atoms with Gasteiger partial charge in [-0.05, 0) is 61.9 Å². The Hall–Kier alpha value is -4.96. The fraction of sp³-hybridized carbons (Fsp3) is 0.0714. The Balaban J connectivity index is 1.44. The lowest BCUT2D eigenvalue weighted by Gasteiger charge is -2.04. The Bertz CT molecular complexity index is 1930. The van der Waals surface area contributed by atoms with E-state index < -0.39 is 0 Å². The number of aromatic nitrogens is 3. The molecule has 0 unspecified atom stereocenters. The van der Waals surface area contributed by atoms with Crippen molar-refractivity contribution in [3.63, 3.8) is 0 Å². The van der Waals surface area contributed by atoms with E-state index in [-0.39, 0.29) is 5.56 Å². The summed E-state index contributed by atoms with van der Waals surface area (Å²) >= 11 is 0. The molecule has 0 amide bonds. The second-order valence-corrected chi connectivity index (χ2v) is 8.45. The van der Waals surface area contributed by atoms with Crippen LogP contribution in [-0.4, -0.2) is 14.4 Å². The van der Waals surface area contributed by atoms with Crippen molar-refractivity contribution < 1.29 is 4.42 Å². The lowest BCUT2D eigenvalue weighted by molar-refractivity contribution is 0.620. The van der Waals surface area contributed by atoms with Crippen LogP contribution in [0.25, 0.3) is 45.4 Å². The molecule has 0 aliphatic rings. The summed E-state index contributed by atoms with van der Waals surface area (Å²) in [6.45, 7) is 3.80. The largest absolute Gasteiger partial charge is 0.436 e. The van der Waals surface area contributed by atoms with Crippen molar-refractivity contribution in [2.24, 2.45) is 0 Å². The van der Waals surface area contributed by atoms with Crippen molar-refractivity contribution in [3.05, 3.63) is 99.0 Å². The highest BCUT2D eigenvalue weighted by molar-refractivity contribution is 5.83. The van der Waals surface area contributed by atoms with E-state index >= 15 is 0 Å². The minimum absolute atomic E-state index is 0.234. The van der Waals surface area contributed by atoms with Crippen LogP contribution < -0.4 is 16.1 Å². The first kappa shape index (κ1) is 20.6. The van der Waals surface area contributed by atoms with Crippen molar-refractivity contribution in [2.45, 2.75) is 13.8 Å². The molecule has 0 saturated heterocycles. The third-order valence-electron chi connectivity index (χ3n) is 6.18. The Morgan fingerprint density at radius 1 is 1.00 bits per heavy atom. The number of hydrogen-bond acceptors (Lipinski definition) is 6. The zero-order chi connectivity index (χ0) is 24.1. The number of hydrogen-bond donors (Lipinski definition) is 1. The van der Waals surface area contributed by atoms with Crippen LogP contribution in [0.5, 0.6) is 0 Å². The second kappa shape index (κ2) is 7.82. The number of nitrogens with one attached hydrogen (secondary N) is 1. The van der Waals surface area contributed by atoms with Gasteiger partial charge in [0.25, 0.3) is 5.56 Å². The maximum atomic E-state index is 13.4. The van der Waals surface area contributed by atoms with Crippen LogP contribution >= 0.6 is 0 Å². The molecule has 6 rings (SSSR count). The van der Waals surface area contributed by atoms with Gasteiger partial charge in [-0.25, -0.2) is 9.97 Å². The number of pyridine rings is 1. The molecule has 0 spiro atoms. The molecule has 0 radical (unpaired) electrons. The maximum absolute atomic E-state index is 13.4. The van der Waals surface area contributed by atoms with Crippen molar-refractivity contribution in [2.75, 3.05) is 5.32 Å². The molecule has 0 aliphatic carbocycles. The zero-order valence-electron chi connectivity index (χ0n) is 19.0. The van der Waals surface area contributed by atoms with E-state index in [2.05, 4.69) is 21.4 Å². The number of imidazole rings is 1. The molecule has 0 fully saturated rings. The summed E-state index contributed by atoms with van der Waals surface area (Å²) in [7, 11) is 0. The fourth-order valence-electron chi connectivity index (χ4n) is 4.28. The first-order valence-electron chi connectivity index (χ1n) is 11.1. The molecule has 0 atom stereocenters. The molecular weight excluding hydrogens is 438 g/mol. The van der Waals surface area contributed by atoms with E-state index in [4.69, 9.17) is 4.42 Å². The molecule has 6 aromatic rings. The van der Waals surface area contributed by atoms with Gasteiger partial charge >= 0.3 is 0 Å². The van der Waals surface area contributed by atoms with Gasteiger partial charge in [0.05, 0.1) is 21.8 Å². The predicted octanol–water partition coefficient (Wildman–Crippen LogP) is 4.71. The van der Waals surface area contributed by atoms with E-state index in [0.29, 0.717) is 50.0 Å². The summed E-state index contributed by atoms with van der Waals surface area (Å²) in [6.07, 6.45) is 1.63. The van der Waals surface area contributed by atoms with E-state index in [1.807, 2.05) is 73.7 Å². The number of anilines is 1. The molecule has 1 N–H and O–H groups in total. The van der Waals surface area contributed by atoms with Crippen LogP contribution in [0.4, 0.5) is 5.69 Å². The minimum atomic E-state index is -0.234. The lowest BCUT2D eigenvalue weighted by Crippen LogP contribution is -2.34. The van der Waals surface area contributed by atoms with E-state index in [9.17, 15) is 10.1 Å². The number of aryl methyl sites for hydroxylation is 1. The van der Waals surface area contributed by atoms with Crippen LogP contribution in [0.3, 0.4) is 0 Å². The number of rotatable bonds is 3. The summed E-state index contributed by atoms with van der Waals surface area (Å²) in [5.41, 5.74) is 6.64. The fourth-order valence-corrected chi connectivity index (χ4v) is 4.28. The van der Waals surface area contributed by atoms with Gasteiger partial charge < -0.3 is 9.73 Å². The predicted molar refractivity (Wildman–Crippen MR) is 136 cm³/mol. The van der Waals surface area contributed by atoms with Crippen LogP contribution in [0.15, 0.2) is 75.9 Å². The third-order valence-corrected chi connectivity index (χ3v) is 6.18. The molecule has 3 aromatic heterocycles. The first-order valence-corrected chi connectivity index (χ1v) is 11.1. The quantitative estimate of drug-likeness (QED) is 0.413. The summed E-state index contributed by atoms with van der Waals surface area (Å²) in [6, 6.07) is 23.1. The summed E-state index contributed by atoms with van der Waals surface area (Å²) in [5, 5.41) is 13.4. The van der Waals surface area contributed by atoms with Crippen LogP contribution in [0, 0.1) is 25.2 Å². The van der Waals surface area contributed by atoms with Gasteiger partial charge in [-0.2, -0.15) is 5.26 Å². The number of fused-ring (bicyclic) bond motifs is 4. The average molecular weight is 457 g/mol. The van der Waals surface area contributed by atoms with Crippen molar-refractivity contribution >= 4 is 39.7 Å². The van der Waals surface area contributed by atoms with Gasteiger partial charge in [0.15, 0.2) is 11.2 Å². The van der Waals surface area contributed by atoms with E-state index in [1.165, 1.54) is 9.96 Å². The van der Waals surface area contributed by atoms with Crippen LogP contribution in [0.1, 0.15) is 16.7 Å². The number of nitriles is 1. The van der Waals surface area contributed by atoms with Crippen LogP contribution in [0.2, 0.25) is 0 Å². The van der Waals surface area contributed by atoms with Crippen molar-refractivity contribution in [1.29, 1.82) is 5.26 Å². The molecule has 3 heterocycles. The van der Waals surface area contributed by atoms with Crippen LogP contribution in [-0.2, 0) is 0 Å². The maximum Gasteiger partial charge on any atom is 0.265 e. The molecule has 0 bridgehead atoms. The Labute approximate surface area is 199 Å².